The summed E-state index contributed by atoms with van der Waals surface area (Å²) in [6.45, 7) is 8.01. The van der Waals surface area contributed by atoms with Gasteiger partial charge in [0.1, 0.15) is 0 Å². The van der Waals surface area contributed by atoms with Gasteiger partial charge in [-0.3, -0.25) is 9.69 Å². The SMILES string of the molecule is C=CCN1CCN(C(=O)CCc2cc(OC)c(OC)c(OC)c2)CC1. The Hall–Kier alpha value is -2.21. The fraction of sp³-hybridized carbons (Fsp3) is 0.526. The second-order valence-electron chi connectivity index (χ2n) is 6.00. The minimum Gasteiger partial charge on any atom is -0.493 e. The summed E-state index contributed by atoms with van der Waals surface area (Å²) in [6.07, 6.45) is 3.02. The van der Waals surface area contributed by atoms with Gasteiger partial charge in [-0.05, 0) is 24.1 Å². The van der Waals surface area contributed by atoms with Crippen LogP contribution in [0.15, 0.2) is 24.8 Å². The molecule has 2 rings (SSSR count). The molecule has 0 spiro atoms. The number of aryl methyl sites for hydroxylation is 1. The average Bonchev–Trinajstić information content (AvgIpc) is 2.65. The van der Waals surface area contributed by atoms with Crippen LogP contribution in [0.3, 0.4) is 0 Å². The minimum atomic E-state index is 0.187. The number of carbonyl (C=O) groups excluding carboxylic acids is 1. The first-order valence-corrected chi connectivity index (χ1v) is 8.52. The summed E-state index contributed by atoms with van der Waals surface area (Å²) in [5, 5.41) is 0. The zero-order valence-electron chi connectivity index (χ0n) is 15.4. The molecule has 1 saturated heterocycles. The standard InChI is InChI=1S/C19H28N2O4/c1-5-8-20-9-11-21(12-10-20)18(22)7-6-15-13-16(23-2)19(25-4)17(14-15)24-3/h5,13-14H,1,6-12H2,2-4H3. The van der Waals surface area contributed by atoms with E-state index < -0.39 is 0 Å². The number of rotatable bonds is 8. The summed E-state index contributed by atoms with van der Waals surface area (Å²) >= 11 is 0. The van der Waals surface area contributed by atoms with E-state index in [2.05, 4.69) is 11.5 Å². The van der Waals surface area contributed by atoms with Gasteiger partial charge < -0.3 is 19.1 Å². The summed E-state index contributed by atoms with van der Waals surface area (Å²) in [5.74, 6) is 1.98. The van der Waals surface area contributed by atoms with Crippen molar-refractivity contribution in [3.63, 3.8) is 0 Å². The van der Waals surface area contributed by atoms with E-state index in [4.69, 9.17) is 14.2 Å². The van der Waals surface area contributed by atoms with Gasteiger partial charge in [-0.25, -0.2) is 0 Å². The van der Waals surface area contributed by atoms with E-state index in [0.29, 0.717) is 30.1 Å². The van der Waals surface area contributed by atoms with E-state index in [1.54, 1.807) is 21.3 Å². The third-order valence-corrected chi connectivity index (χ3v) is 4.46. The molecule has 0 N–H and O–H groups in total. The predicted molar refractivity (Wildman–Crippen MR) is 97.6 cm³/mol. The summed E-state index contributed by atoms with van der Waals surface area (Å²) in [4.78, 5) is 16.7. The Labute approximate surface area is 150 Å². The highest BCUT2D eigenvalue weighted by Gasteiger charge is 2.20. The third kappa shape index (κ3) is 4.89. The van der Waals surface area contributed by atoms with Crippen LogP contribution < -0.4 is 14.2 Å². The lowest BCUT2D eigenvalue weighted by atomic mass is 10.1. The van der Waals surface area contributed by atoms with Gasteiger partial charge in [0.05, 0.1) is 21.3 Å². The number of carbonyl (C=O) groups is 1. The van der Waals surface area contributed by atoms with Crippen LogP contribution in [0.1, 0.15) is 12.0 Å². The largest absolute Gasteiger partial charge is 0.493 e. The van der Waals surface area contributed by atoms with Crippen LogP contribution in [0.5, 0.6) is 17.2 Å². The molecule has 25 heavy (non-hydrogen) atoms. The van der Waals surface area contributed by atoms with Gasteiger partial charge >= 0.3 is 0 Å². The number of hydrogen-bond acceptors (Lipinski definition) is 5. The topological polar surface area (TPSA) is 51.2 Å². The molecule has 6 heteroatoms. The van der Waals surface area contributed by atoms with Crippen molar-refractivity contribution in [1.82, 2.24) is 9.80 Å². The average molecular weight is 348 g/mol. The molecule has 0 saturated carbocycles. The lowest BCUT2D eigenvalue weighted by Gasteiger charge is -2.34. The van der Waals surface area contributed by atoms with Crippen LogP contribution in [0.4, 0.5) is 0 Å². The Kier molecular flexibility index (Phi) is 7.13. The lowest BCUT2D eigenvalue weighted by Crippen LogP contribution is -2.48. The van der Waals surface area contributed by atoms with E-state index in [1.807, 2.05) is 23.1 Å². The van der Waals surface area contributed by atoms with Gasteiger partial charge in [-0.15, -0.1) is 6.58 Å². The fourth-order valence-corrected chi connectivity index (χ4v) is 3.05. The van der Waals surface area contributed by atoms with Crippen molar-refractivity contribution in [2.24, 2.45) is 0 Å². The van der Waals surface area contributed by atoms with Gasteiger partial charge in [-0.2, -0.15) is 0 Å². The predicted octanol–water partition coefficient (Wildman–Crippen LogP) is 1.98. The van der Waals surface area contributed by atoms with Gasteiger partial charge in [0.25, 0.3) is 0 Å². The molecule has 1 aromatic carbocycles. The first kappa shape index (κ1) is 19.1. The van der Waals surface area contributed by atoms with Crippen LogP contribution >= 0.6 is 0 Å². The quantitative estimate of drug-likeness (QED) is 0.673. The molecule has 1 amide bonds. The number of amides is 1. The Morgan fingerprint density at radius 2 is 1.68 bits per heavy atom. The molecule has 0 bridgehead atoms. The molecule has 0 unspecified atom stereocenters. The maximum absolute atomic E-state index is 12.5. The van der Waals surface area contributed by atoms with Gasteiger partial charge in [0.15, 0.2) is 11.5 Å². The van der Waals surface area contributed by atoms with Gasteiger partial charge in [0.2, 0.25) is 11.7 Å². The molecule has 1 aliphatic heterocycles. The van der Waals surface area contributed by atoms with E-state index in [9.17, 15) is 4.79 Å². The van der Waals surface area contributed by atoms with Gasteiger partial charge in [-0.1, -0.05) is 6.08 Å². The van der Waals surface area contributed by atoms with Crippen LogP contribution in [0.2, 0.25) is 0 Å². The highest BCUT2D eigenvalue weighted by Crippen LogP contribution is 2.38. The van der Waals surface area contributed by atoms with Crippen molar-refractivity contribution in [3.8, 4) is 17.2 Å². The molecule has 0 aromatic heterocycles. The summed E-state index contributed by atoms with van der Waals surface area (Å²) in [7, 11) is 4.76. The third-order valence-electron chi connectivity index (χ3n) is 4.46. The minimum absolute atomic E-state index is 0.187. The van der Waals surface area contributed by atoms with Crippen LogP contribution in [0, 0.1) is 0 Å². The maximum Gasteiger partial charge on any atom is 0.222 e. The van der Waals surface area contributed by atoms with E-state index in [-0.39, 0.29) is 5.91 Å². The smallest absolute Gasteiger partial charge is 0.222 e. The highest BCUT2D eigenvalue weighted by molar-refractivity contribution is 5.76. The number of nitrogens with zero attached hydrogens (tertiary/aromatic N) is 2. The first-order valence-electron chi connectivity index (χ1n) is 8.52. The highest BCUT2D eigenvalue weighted by atomic mass is 16.5. The number of hydrogen-bond donors (Lipinski definition) is 0. The molecule has 0 radical (unpaired) electrons. The molecule has 138 valence electrons. The number of benzene rings is 1. The van der Waals surface area contributed by atoms with E-state index >= 15 is 0 Å². The van der Waals surface area contributed by atoms with Gasteiger partial charge in [0, 0.05) is 39.1 Å². The van der Waals surface area contributed by atoms with Crippen molar-refractivity contribution < 1.29 is 19.0 Å². The van der Waals surface area contributed by atoms with Crippen LogP contribution in [0.25, 0.3) is 0 Å². The van der Waals surface area contributed by atoms with Crippen molar-refractivity contribution in [2.75, 3.05) is 54.1 Å². The number of methoxy groups -OCH3 is 3. The molecule has 6 nitrogen and oxygen atoms in total. The van der Waals surface area contributed by atoms with Crippen molar-refractivity contribution in [1.29, 1.82) is 0 Å². The zero-order valence-corrected chi connectivity index (χ0v) is 15.4. The van der Waals surface area contributed by atoms with Crippen molar-refractivity contribution >= 4 is 5.91 Å². The molecular formula is C19H28N2O4. The monoisotopic (exact) mass is 348 g/mol. The summed E-state index contributed by atoms with van der Waals surface area (Å²) in [5.41, 5.74) is 0.994. The summed E-state index contributed by atoms with van der Waals surface area (Å²) < 4.78 is 16.1. The number of ether oxygens (including phenoxy) is 3. The molecule has 0 aliphatic carbocycles. The molecule has 1 aliphatic rings. The van der Waals surface area contributed by atoms with Crippen molar-refractivity contribution in [2.45, 2.75) is 12.8 Å². The molecule has 1 heterocycles. The Bertz CT molecular complexity index is 570. The van der Waals surface area contributed by atoms with E-state index in [0.717, 1.165) is 38.3 Å². The summed E-state index contributed by atoms with van der Waals surface area (Å²) in [6, 6.07) is 3.80. The lowest BCUT2D eigenvalue weighted by molar-refractivity contribution is -0.132. The Balaban J connectivity index is 1.94. The fourth-order valence-electron chi connectivity index (χ4n) is 3.05. The Morgan fingerprint density at radius 1 is 1.08 bits per heavy atom. The zero-order chi connectivity index (χ0) is 18.2. The maximum atomic E-state index is 12.5. The second-order valence-corrected chi connectivity index (χ2v) is 6.00. The normalized spacial score (nSPS) is 14.9. The Morgan fingerprint density at radius 3 is 2.16 bits per heavy atom. The molecule has 0 atom stereocenters. The van der Waals surface area contributed by atoms with Crippen molar-refractivity contribution in [3.05, 3.63) is 30.4 Å². The first-order chi connectivity index (χ1) is 12.1. The van der Waals surface area contributed by atoms with E-state index in [1.165, 1.54) is 0 Å². The number of piperazine rings is 1. The van der Waals surface area contributed by atoms with Crippen LogP contribution in [-0.2, 0) is 11.2 Å². The molecule has 1 fully saturated rings. The second kappa shape index (κ2) is 9.32. The molecule has 1 aromatic rings. The molecular weight excluding hydrogens is 320 g/mol. The van der Waals surface area contributed by atoms with Crippen LogP contribution in [-0.4, -0.2) is 69.8 Å².